The molecular weight excluding hydrogens is 474 g/mol. The molecule has 182 valence electrons. The number of hydrogen-bond acceptors (Lipinski definition) is 5. The predicted octanol–water partition coefficient (Wildman–Crippen LogP) is 4.80. The van der Waals surface area contributed by atoms with Crippen LogP contribution in [0, 0.1) is 0 Å². The number of fused-ring (bicyclic) bond motifs is 2. The van der Waals surface area contributed by atoms with E-state index in [4.69, 9.17) is 4.98 Å². The van der Waals surface area contributed by atoms with E-state index in [0.717, 1.165) is 6.42 Å². The maximum absolute atomic E-state index is 13.5. The number of nitrogens with one attached hydrogen (secondary N) is 3. The van der Waals surface area contributed by atoms with Crippen LogP contribution in [0.5, 0.6) is 0 Å². The minimum atomic E-state index is -0.304. The van der Waals surface area contributed by atoms with Gasteiger partial charge in [0.25, 0.3) is 5.56 Å². The Morgan fingerprint density at radius 3 is 2.56 bits per heavy atom. The smallest absolute Gasteiger partial charge is 0.323 e. The largest absolute Gasteiger partial charge is 0.325 e. The van der Waals surface area contributed by atoms with Crippen molar-refractivity contribution in [2.45, 2.75) is 31.3 Å². The van der Waals surface area contributed by atoms with Crippen LogP contribution in [-0.4, -0.2) is 31.2 Å². The number of aromatic nitrogens is 4. The van der Waals surface area contributed by atoms with Crippen molar-refractivity contribution in [3.63, 3.8) is 0 Å². The zero-order valence-electron chi connectivity index (χ0n) is 19.9. The average Bonchev–Trinajstić information content (AvgIpc) is 3.26. The molecule has 1 unspecified atom stereocenters. The third-order valence-electron chi connectivity index (χ3n) is 6.21. The molecule has 3 aromatic carbocycles. The number of H-pyrrole nitrogens is 2. The number of aromatic amines is 2. The van der Waals surface area contributed by atoms with Gasteiger partial charge in [0.15, 0.2) is 5.16 Å². The zero-order valence-corrected chi connectivity index (χ0v) is 20.7. The fraction of sp³-hybridized carbons (Fsp3) is 0.185. The highest BCUT2D eigenvalue weighted by atomic mass is 32.2. The van der Waals surface area contributed by atoms with Gasteiger partial charge in [0.1, 0.15) is 0 Å². The van der Waals surface area contributed by atoms with Gasteiger partial charge in [-0.3, -0.25) is 14.2 Å². The maximum atomic E-state index is 13.5. The first kappa shape index (κ1) is 23.6. The number of hydrogen-bond donors (Lipinski definition) is 3. The van der Waals surface area contributed by atoms with Crippen LogP contribution in [-0.2, 0) is 4.79 Å². The molecule has 0 saturated carbocycles. The molecular formula is C27H25N5O3S. The van der Waals surface area contributed by atoms with Gasteiger partial charge in [-0.05, 0) is 60.4 Å². The van der Waals surface area contributed by atoms with E-state index >= 15 is 0 Å². The molecule has 0 spiro atoms. The van der Waals surface area contributed by atoms with E-state index in [1.807, 2.05) is 36.4 Å². The van der Waals surface area contributed by atoms with Gasteiger partial charge in [0.05, 0.1) is 33.4 Å². The number of benzene rings is 3. The van der Waals surface area contributed by atoms with Gasteiger partial charge in [0, 0.05) is 5.69 Å². The molecule has 5 rings (SSSR count). The van der Waals surface area contributed by atoms with Crippen molar-refractivity contribution >= 4 is 45.3 Å². The Balaban J connectivity index is 1.43. The Kier molecular flexibility index (Phi) is 6.47. The topological polar surface area (TPSA) is 113 Å². The van der Waals surface area contributed by atoms with Crippen molar-refractivity contribution in [2.24, 2.45) is 0 Å². The minimum Gasteiger partial charge on any atom is -0.325 e. The Hall–Kier alpha value is -4.11. The summed E-state index contributed by atoms with van der Waals surface area (Å²) in [4.78, 5) is 47.8. The van der Waals surface area contributed by atoms with Gasteiger partial charge in [0.2, 0.25) is 5.91 Å². The van der Waals surface area contributed by atoms with Crippen LogP contribution >= 0.6 is 11.8 Å². The molecule has 2 aromatic heterocycles. The predicted molar refractivity (Wildman–Crippen MR) is 144 cm³/mol. The molecule has 0 fully saturated rings. The number of imidazole rings is 1. The lowest BCUT2D eigenvalue weighted by Gasteiger charge is -2.15. The fourth-order valence-electron chi connectivity index (χ4n) is 4.06. The second-order valence-corrected chi connectivity index (χ2v) is 9.57. The van der Waals surface area contributed by atoms with Gasteiger partial charge in [-0.25, -0.2) is 9.78 Å². The molecule has 0 saturated heterocycles. The summed E-state index contributed by atoms with van der Waals surface area (Å²) < 4.78 is 1.57. The third-order valence-corrected chi connectivity index (χ3v) is 7.15. The first-order chi connectivity index (χ1) is 17.4. The number of rotatable bonds is 7. The summed E-state index contributed by atoms with van der Waals surface area (Å²) in [5.74, 6) is 0.224. The lowest BCUT2D eigenvalue weighted by Crippen LogP contribution is -2.23. The van der Waals surface area contributed by atoms with E-state index in [2.05, 4.69) is 29.1 Å². The normalized spacial score (nSPS) is 12.2. The van der Waals surface area contributed by atoms with Crippen molar-refractivity contribution in [3.8, 4) is 5.69 Å². The van der Waals surface area contributed by atoms with Crippen molar-refractivity contribution < 1.29 is 4.79 Å². The third kappa shape index (κ3) is 4.70. The number of nitrogens with zero attached hydrogens (tertiary/aromatic N) is 2. The van der Waals surface area contributed by atoms with Crippen LogP contribution < -0.4 is 16.6 Å². The highest BCUT2D eigenvalue weighted by Crippen LogP contribution is 2.24. The zero-order chi connectivity index (χ0) is 25.2. The molecule has 0 radical (unpaired) electrons. The first-order valence-electron chi connectivity index (χ1n) is 11.7. The van der Waals surface area contributed by atoms with Crippen LogP contribution in [0.4, 0.5) is 5.69 Å². The number of para-hydroxylation sites is 1. The van der Waals surface area contributed by atoms with Gasteiger partial charge >= 0.3 is 5.69 Å². The van der Waals surface area contributed by atoms with Crippen LogP contribution in [0.1, 0.15) is 31.7 Å². The van der Waals surface area contributed by atoms with E-state index in [1.54, 1.807) is 34.9 Å². The maximum Gasteiger partial charge on any atom is 0.323 e. The fourth-order valence-corrected chi connectivity index (χ4v) is 4.87. The highest BCUT2D eigenvalue weighted by molar-refractivity contribution is 7.99. The number of carbonyl (C=O) groups is 1. The molecule has 5 aromatic rings. The monoisotopic (exact) mass is 499 g/mol. The number of anilines is 1. The lowest BCUT2D eigenvalue weighted by molar-refractivity contribution is -0.113. The van der Waals surface area contributed by atoms with Gasteiger partial charge in [-0.2, -0.15) is 0 Å². The van der Waals surface area contributed by atoms with Crippen LogP contribution in [0.25, 0.3) is 27.6 Å². The van der Waals surface area contributed by atoms with Crippen LogP contribution in [0.15, 0.2) is 81.5 Å². The molecule has 0 aliphatic rings. The first-order valence-corrected chi connectivity index (χ1v) is 12.7. The summed E-state index contributed by atoms with van der Waals surface area (Å²) in [6.45, 7) is 4.32. The Morgan fingerprint density at radius 1 is 1.03 bits per heavy atom. The molecule has 0 bridgehead atoms. The summed E-state index contributed by atoms with van der Waals surface area (Å²) in [5, 5.41) is 3.80. The molecule has 1 amide bonds. The molecule has 0 aliphatic heterocycles. The van der Waals surface area contributed by atoms with Crippen LogP contribution in [0.2, 0.25) is 0 Å². The molecule has 36 heavy (non-hydrogen) atoms. The van der Waals surface area contributed by atoms with Crippen molar-refractivity contribution in [2.75, 3.05) is 11.1 Å². The Morgan fingerprint density at radius 2 is 1.78 bits per heavy atom. The number of carbonyl (C=O) groups excluding carboxylic acids is 1. The standard InChI is InChI=1S/C27H25N5O3S/c1-3-16(2)17-8-11-19(12-9-17)32-25(34)20-6-4-5-7-21(20)31-27(32)36-15-24(33)28-18-10-13-22-23(14-18)30-26(35)29-22/h4-14,16H,3,15H2,1-2H3,(H,28,33)(H2,29,30,35). The van der Waals surface area contributed by atoms with E-state index in [1.165, 1.54) is 17.3 Å². The minimum absolute atomic E-state index is 0.0530. The van der Waals surface area contributed by atoms with E-state index < -0.39 is 0 Å². The van der Waals surface area contributed by atoms with E-state index in [9.17, 15) is 14.4 Å². The van der Waals surface area contributed by atoms with Gasteiger partial charge in [-0.15, -0.1) is 0 Å². The Labute approximate surface area is 210 Å². The van der Waals surface area contributed by atoms with E-state index in [0.29, 0.717) is 44.4 Å². The SMILES string of the molecule is CCC(C)c1ccc(-n2c(SCC(=O)Nc3ccc4[nH]c(=O)[nH]c4c3)nc3ccccc3c2=O)cc1. The summed E-state index contributed by atoms with van der Waals surface area (Å²) >= 11 is 1.20. The summed E-state index contributed by atoms with van der Waals surface area (Å²) in [6.07, 6.45) is 1.03. The summed E-state index contributed by atoms with van der Waals surface area (Å²) in [6, 6.07) is 20.3. The molecule has 9 heteroatoms. The van der Waals surface area contributed by atoms with Crippen molar-refractivity contribution in [1.29, 1.82) is 0 Å². The van der Waals surface area contributed by atoms with Crippen molar-refractivity contribution in [1.82, 2.24) is 19.5 Å². The summed E-state index contributed by atoms with van der Waals surface area (Å²) in [5.41, 5.74) is 3.84. The lowest BCUT2D eigenvalue weighted by atomic mass is 9.98. The molecule has 0 aliphatic carbocycles. The van der Waals surface area contributed by atoms with Crippen LogP contribution in [0.3, 0.4) is 0 Å². The van der Waals surface area contributed by atoms with Crippen molar-refractivity contribution in [3.05, 3.63) is 93.1 Å². The molecule has 3 N–H and O–H groups in total. The quantitative estimate of drug-likeness (QED) is 0.220. The highest BCUT2D eigenvalue weighted by Gasteiger charge is 2.16. The summed E-state index contributed by atoms with van der Waals surface area (Å²) in [7, 11) is 0. The van der Waals surface area contributed by atoms with E-state index in [-0.39, 0.29) is 22.9 Å². The second-order valence-electron chi connectivity index (χ2n) is 8.63. The van der Waals surface area contributed by atoms with Gasteiger partial charge in [-0.1, -0.05) is 49.9 Å². The molecule has 2 heterocycles. The Bertz CT molecular complexity index is 1680. The number of thioether (sulfide) groups is 1. The van der Waals surface area contributed by atoms with Gasteiger partial charge < -0.3 is 15.3 Å². The molecule has 8 nitrogen and oxygen atoms in total. The molecule has 1 atom stereocenters. The number of amides is 1. The second kappa shape index (κ2) is 9.87. The average molecular weight is 500 g/mol.